The Morgan fingerprint density at radius 2 is 2.29 bits per heavy atom. The highest BCUT2D eigenvalue weighted by molar-refractivity contribution is 5.40. The van der Waals surface area contributed by atoms with Crippen molar-refractivity contribution < 1.29 is 9.31 Å². The molecule has 5 heteroatoms. The first-order chi connectivity index (χ1) is 6.50. The Labute approximate surface area is 80.7 Å². The molecule has 0 fully saturated rings. The van der Waals surface area contributed by atoms with Crippen LogP contribution in [0.15, 0.2) is 18.2 Å². The van der Waals surface area contributed by atoms with E-state index in [4.69, 9.17) is 5.73 Å². The van der Waals surface area contributed by atoms with E-state index in [0.717, 1.165) is 18.2 Å². The molecule has 0 spiro atoms. The van der Waals surface area contributed by atoms with E-state index in [9.17, 15) is 14.5 Å². The molecule has 1 atom stereocenters. The summed E-state index contributed by atoms with van der Waals surface area (Å²) in [6.45, 7) is 1.72. The zero-order chi connectivity index (χ0) is 10.7. The molecule has 0 aliphatic rings. The zero-order valence-electron chi connectivity index (χ0n) is 7.74. The number of nitrogens with two attached hydrogens (primary N) is 1. The molecule has 4 nitrogen and oxygen atoms in total. The quantitative estimate of drug-likeness (QED) is 0.592. The monoisotopic (exact) mass is 198 g/mol. The molecule has 0 aliphatic heterocycles. The third-order valence-corrected chi connectivity index (χ3v) is 1.78. The van der Waals surface area contributed by atoms with Gasteiger partial charge in [0, 0.05) is 17.7 Å². The van der Waals surface area contributed by atoms with Crippen LogP contribution in [0, 0.1) is 15.9 Å². The Hall–Kier alpha value is -1.49. The van der Waals surface area contributed by atoms with E-state index in [1.165, 1.54) is 0 Å². The molecule has 1 rings (SSSR count). The second-order valence-electron chi connectivity index (χ2n) is 3.21. The minimum Gasteiger partial charge on any atom is -0.328 e. The summed E-state index contributed by atoms with van der Waals surface area (Å²) in [5.74, 6) is -0.480. The van der Waals surface area contributed by atoms with E-state index in [1.54, 1.807) is 6.92 Å². The third-order valence-electron chi connectivity index (χ3n) is 1.78. The Kier molecular flexibility index (Phi) is 3.14. The summed E-state index contributed by atoms with van der Waals surface area (Å²) in [5.41, 5.74) is 5.76. The van der Waals surface area contributed by atoms with Crippen molar-refractivity contribution >= 4 is 5.69 Å². The Morgan fingerprint density at radius 3 is 2.79 bits per heavy atom. The minimum atomic E-state index is -0.531. The molecule has 0 aromatic heterocycles. The summed E-state index contributed by atoms with van der Waals surface area (Å²) in [7, 11) is 0. The first-order valence-electron chi connectivity index (χ1n) is 4.19. The van der Waals surface area contributed by atoms with E-state index in [2.05, 4.69) is 0 Å². The number of hydrogen-bond donors (Lipinski definition) is 1. The Bertz CT molecular complexity index is 353. The lowest BCUT2D eigenvalue weighted by atomic mass is 10.1. The molecule has 76 valence electrons. The van der Waals surface area contributed by atoms with Crippen LogP contribution in [0.4, 0.5) is 10.1 Å². The Balaban J connectivity index is 3.09. The molecule has 2 N–H and O–H groups in total. The van der Waals surface area contributed by atoms with Gasteiger partial charge < -0.3 is 5.73 Å². The molecule has 0 saturated carbocycles. The van der Waals surface area contributed by atoms with Crippen LogP contribution in [0.5, 0.6) is 0 Å². The van der Waals surface area contributed by atoms with Crippen LogP contribution >= 0.6 is 0 Å². The second-order valence-corrected chi connectivity index (χ2v) is 3.21. The van der Waals surface area contributed by atoms with Gasteiger partial charge in [0.2, 0.25) is 0 Å². The average molecular weight is 198 g/mol. The lowest BCUT2D eigenvalue weighted by Crippen LogP contribution is -2.18. The topological polar surface area (TPSA) is 69.2 Å². The summed E-state index contributed by atoms with van der Waals surface area (Å²) in [4.78, 5) is 10.0. The summed E-state index contributed by atoms with van der Waals surface area (Å²) in [6, 6.07) is 3.16. The lowest BCUT2D eigenvalue weighted by Gasteiger charge is -2.05. The van der Waals surface area contributed by atoms with Gasteiger partial charge in [0.1, 0.15) is 5.82 Å². The van der Waals surface area contributed by atoms with Gasteiger partial charge in [-0.05, 0) is 25.5 Å². The third kappa shape index (κ3) is 2.50. The van der Waals surface area contributed by atoms with Crippen LogP contribution in [0.1, 0.15) is 12.5 Å². The Morgan fingerprint density at radius 1 is 1.64 bits per heavy atom. The fraction of sp³-hybridized carbons (Fsp3) is 0.333. The molecular weight excluding hydrogens is 187 g/mol. The van der Waals surface area contributed by atoms with Gasteiger partial charge in [-0.2, -0.15) is 0 Å². The SMILES string of the molecule is CC(N)Cc1cc(F)ccc1[N+](=O)[O-]. The molecule has 0 bridgehead atoms. The van der Waals surface area contributed by atoms with Crippen molar-refractivity contribution in [3.63, 3.8) is 0 Å². The molecule has 0 saturated heterocycles. The van der Waals surface area contributed by atoms with E-state index >= 15 is 0 Å². The highest BCUT2D eigenvalue weighted by Crippen LogP contribution is 2.20. The average Bonchev–Trinajstić information content (AvgIpc) is 2.01. The molecule has 0 aliphatic carbocycles. The van der Waals surface area contributed by atoms with Crippen molar-refractivity contribution in [1.82, 2.24) is 0 Å². The fourth-order valence-corrected chi connectivity index (χ4v) is 1.24. The smallest absolute Gasteiger partial charge is 0.272 e. The summed E-state index contributed by atoms with van der Waals surface area (Å²) in [6.07, 6.45) is 0.300. The molecular formula is C9H11FN2O2. The number of nitro groups is 1. The van der Waals surface area contributed by atoms with E-state index in [-0.39, 0.29) is 11.7 Å². The van der Waals surface area contributed by atoms with Gasteiger partial charge in [0.25, 0.3) is 5.69 Å². The predicted octanol–water partition coefficient (Wildman–Crippen LogP) is 1.62. The molecule has 1 unspecified atom stereocenters. The predicted molar refractivity (Wildman–Crippen MR) is 50.4 cm³/mol. The van der Waals surface area contributed by atoms with Crippen molar-refractivity contribution in [2.45, 2.75) is 19.4 Å². The normalized spacial score (nSPS) is 12.5. The molecule has 14 heavy (non-hydrogen) atoms. The van der Waals surface area contributed by atoms with Crippen molar-refractivity contribution in [1.29, 1.82) is 0 Å². The maximum absolute atomic E-state index is 12.8. The number of nitrogens with zero attached hydrogens (tertiary/aromatic N) is 1. The summed E-state index contributed by atoms with van der Waals surface area (Å²) in [5, 5.41) is 10.6. The van der Waals surface area contributed by atoms with Gasteiger partial charge in [0.05, 0.1) is 4.92 Å². The summed E-state index contributed by atoms with van der Waals surface area (Å²) < 4.78 is 12.8. The molecule has 0 heterocycles. The number of nitro benzene ring substituents is 1. The summed E-state index contributed by atoms with van der Waals surface area (Å²) >= 11 is 0. The van der Waals surface area contributed by atoms with Gasteiger partial charge in [-0.15, -0.1) is 0 Å². The number of hydrogen-bond acceptors (Lipinski definition) is 3. The van der Waals surface area contributed by atoms with Gasteiger partial charge >= 0.3 is 0 Å². The lowest BCUT2D eigenvalue weighted by molar-refractivity contribution is -0.385. The largest absolute Gasteiger partial charge is 0.328 e. The first kappa shape index (κ1) is 10.6. The molecule has 1 aromatic rings. The van der Waals surface area contributed by atoms with Crippen LogP contribution in [0.25, 0.3) is 0 Å². The van der Waals surface area contributed by atoms with Crippen LogP contribution in [-0.2, 0) is 6.42 Å². The standard InChI is InChI=1S/C9H11FN2O2/c1-6(11)4-7-5-8(10)2-3-9(7)12(13)14/h2-3,5-6H,4,11H2,1H3. The second kappa shape index (κ2) is 4.15. The maximum atomic E-state index is 12.8. The number of benzene rings is 1. The van der Waals surface area contributed by atoms with Gasteiger partial charge in [-0.25, -0.2) is 4.39 Å². The van der Waals surface area contributed by atoms with Crippen LogP contribution in [0.3, 0.4) is 0 Å². The molecule has 1 aromatic carbocycles. The first-order valence-corrected chi connectivity index (χ1v) is 4.19. The van der Waals surface area contributed by atoms with E-state index in [1.807, 2.05) is 0 Å². The van der Waals surface area contributed by atoms with Gasteiger partial charge in [0.15, 0.2) is 0 Å². The van der Waals surface area contributed by atoms with Crippen molar-refractivity contribution in [3.8, 4) is 0 Å². The van der Waals surface area contributed by atoms with Crippen molar-refractivity contribution in [2.75, 3.05) is 0 Å². The maximum Gasteiger partial charge on any atom is 0.272 e. The van der Waals surface area contributed by atoms with Gasteiger partial charge in [-0.1, -0.05) is 0 Å². The van der Waals surface area contributed by atoms with Gasteiger partial charge in [-0.3, -0.25) is 10.1 Å². The molecule has 0 radical (unpaired) electrons. The fourth-order valence-electron chi connectivity index (χ4n) is 1.24. The zero-order valence-corrected chi connectivity index (χ0v) is 7.74. The van der Waals surface area contributed by atoms with Crippen LogP contribution < -0.4 is 5.73 Å². The highest BCUT2D eigenvalue weighted by Gasteiger charge is 2.14. The van der Waals surface area contributed by atoms with Crippen LogP contribution in [-0.4, -0.2) is 11.0 Å². The highest BCUT2D eigenvalue weighted by atomic mass is 19.1. The van der Waals surface area contributed by atoms with Crippen molar-refractivity contribution in [2.24, 2.45) is 5.73 Å². The number of rotatable bonds is 3. The number of halogens is 1. The van der Waals surface area contributed by atoms with E-state index < -0.39 is 10.7 Å². The molecule has 0 amide bonds. The minimum absolute atomic E-state index is 0.0799. The van der Waals surface area contributed by atoms with E-state index in [0.29, 0.717) is 12.0 Å². The van der Waals surface area contributed by atoms with Crippen molar-refractivity contribution in [3.05, 3.63) is 39.7 Å². The van der Waals surface area contributed by atoms with Crippen LogP contribution in [0.2, 0.25) is 0 Å².